The third-order valence-electron chi connectivity index (χ3n) is 8.96. The van der Waals surface area contributed by atoms with Gasteiger partial charge in [-0.3, -0.25) is 14.4 Å². The Bertz CT molecular complexity index is 2040. The van der Waals surface area contributed by atoms with E-state index < -0.39 is 41.3 Å². The van der Waals surface area contributed by atoms with Gasteiger partial charge in [0.2, 0.25) is 5.78 Å². The molecule has 11 heteroatoms. The molecule has 1 aliphatic rings. The predicted molar refractivity (Wildman–Crippen MR) is 185 cm³/mol. The van der Waals surface area contributed by atoms with Gasteiger partial charge in [0.05, 0.1) is 38.7 Å². The molecule has 0 aliphatic carbocycles. The highest BCUT2D eigenvalue weighted by atomic mass is 32.1. The molecule has 0 bridgehead atoms. The van der Waals surface area contributed by atoms with Crippen LogP contribution in [0.1, 0.15) is 31.9 Å². The fourth-order valence-electron chi connectivity index (χ4n) is 6.83. The van der Waals surface area contributed by atoms with Gasteiger partial charge in [0.1, 0.15) is 28.3 Å². The topological polar surface area (TPSA) is 136 Å². The second-order valence-electron chi connectivity index (χ2n) is 11.4. The van der Waals surface area contributed by atoms with Crippen LogP contribution in [0.4, 0.5) is 5.13 Å². The maximum atomic E-state index is 14.3. The molecule has 1 saturated heterocycles. The first-order valence-corrected chi connectivity index (χ1v) is 16.4. The fourth-order valence-corrected chi connectivity index (χ4v) is 7.98. The van der Waals surface area contributed by atoms with E-state index in [0.717, 1.165) is 11.3 Å². The molecule has 1 fully saturated rings. The Balaban J connectivity index is 1.74. The van der Waals surface area contributed by atoms with Gasteiger partial charge < -0.3 is 19.1 Å². The summed E-state index contributed by atoms with van der Waals surface area (Å²) < 4.78 is 16.0. The highest BCUT2D eigenvalue weighted by molar-refractivity contribution is 7.18. The number of nitrogens with zero attached hydrogens (tertiary/aromatic N) is 3. The molecular formula is C39H31N3O7S. The number of carbonyl (C=O) groups is 4. The third-order valence-corrected chi connectivity index (χ3v) is 10.0. The molecular weight excluding hydrogens is 655 g/mol. The maximum Gasteiger partial charge on any atom is 0.329 e. The number of carbonyl (C=O) groups excluding carboxylic acids is 4. The Morgan fingerprint density at radius 2 is 1.24 bits per heavy atom. The van der Waals surface area contributed by atoms with Crippen LogP contribution in [-0.4, -0.2) is 56.0 Å². The smallest absolute Gasteiger partial charge is 0.329 e. The van der Waals surface area contributed by atoms with E-state index in [4.69, 9.17) is 19.2 Å². The zero-order valence-electron chi connectivity index (χ0n) is 27.3. The highest BCUT2D eigenvalue weighted by Gasteiger charge is 2.69. The predicted octanol–water partition coefficient (Wildman–Crippen LogP) is 5.80. The van der Waals surface area contributed by atoms with Gasteiger partial charge in [-0.15, -0.1) is 0 Å². The molecule has 0 spiro atoms. The molecule has 0 N–H and O–H groups in total. The van der Waals surface area contributed by atoms with Crippen molar-refractivity contribution in [3.05, 3.63) is 142 Å². The zero-order valence-corrected chi connectivity index (χ0v) is 28.1. The summed E-state index contributed by atoms with van der Waals surface area (Å²) >= 11 is 1.02. The summed E-state index contributed by atoms with van der Waals surface area (Å²) in [6.07, 6.45) is 0. The summed E-state index contributed by atoms with van der Waals surface area (Å²) in [7, 11) is 3.61. The Hall–Kier alpha value is -6.12. The van der Waals surface area contributed by atoms with Crippen LogP contribution in [0.25, 0.3) is 11.3 Å². The standard InChI is InChI=1S/C39H31N3O7S/c1-47-35(44)29-30(36(45)48-2)39(27-15-9-5-10-16-27,28-17-11-6-12-18-28)42(32(29)37(46)49-3)38-41-31(25-13-7-4-8-14-25)34(50-38)33(43)26-21-19-24(23-40)20-22-26/h4-22,29-30,32H,1-3H3/t29-,30-,32+/m0/s1. The molecule has 1 aromatic heterocycles. The van der Waals surface area contributed by atoms with Gasteiger partial charge in [0, 0.05) is 11.1 Å². The van der Waals surface area contributed by atoms with E-state index in [0.29, 0.717) is 33.5 Å². The molecule has 10 nitrogen and oxygen atoms in total. The van der Waals surface area contributed by atoms with Gasteiger partial charge in [0.15, 0.2) is 5.13 Å². The number of esters is 3. The summed E-state index contributed by atoms with van der Waals surface area (Å²) in [6, 6.07) is 34.0. The number of thiazole rings is 1. The number of nitriles is 1. The lowest BCUT2D eigenvalue weighted by molar-refractivity contribution is -0.160. The third kappa shape index (κ3) is 5.59. The highest BCUT2D eigenvalue weighted by Crippen LogP contribution is 2.57. The van der Waals surface area contributed by atoms with Crippen LogP contribution in [0, 0.1) is 23.2 Å². The monoisotopic (exact) mass is 685 g/mol. The van der Waals surface area contributed by atoms with Gasteiger partial charge in [-0.2, -0.15) is 5.26 Å². The molecule has 0 amide bonds. The van der Waals surface area contributed by atoms with Crippen molar-refractivity contribution in [2.75, 3.05) is 26.2 Å². The van der Waals surface area contributed by atoms with E-state index in [2.05, 4.69) is 6.07 Å². The van der Waals surface area contributed by atoms with Crippen molar-refractivity contribution in [2.45, 2.75) is 11.6 Å². The second-order valence-corrected chi connectivity index (χ2v) is 12.4. The van der Waals surface area contributed by atoms with Gasteiger partial charge in [-0.05, 0) is 35.4 Å². The molecule has 5 aromatic rings. The molecule has 0 unspecified atom stereocenters. The van der Waals surface area contributed by atoms with Gasteiger partial charge in [0.25, 0.3) is 0 Å². The summed E-state index contributed by atoms with van der Waals surface area (Å²) in [4.78, 5) is 63.4. The Kier molecular flexibility index (Phi) is 9.56. The van der Waals surface area contributed by atoms with Gasteiger partial charge in [-0.1, -0.05) is 102 Å². The van der Waals surface area contributed by atoms with Crippen molar-refractivity contribution in [2.24, 2.45) is 11.8 Å². The van der Waals surface area contributed by atoms with E-state index in [1.54, 1.807) is 77.7 Å². The summed E-state index contributed by atoms with van der Waals surface area (Å²) in [5, 5.41) is 9.50. The van der Waals surface area contributed by atoms with Crippen LogP contribution in [0.3, 0.4) is 0 Å². The Morgan fingerprint density at radius 3 is 1.74 bits per heavy atom. The molecule has 6 rings (SSSR count). The molecule has 0 saturated carbocycles. The summed E-state index contributed by atoms with van der Waals surface area (Å²) in [5.74, 6) is -5.57. The van der Waals surface area contributed by atoms with Crippen molar-refractivity contribution in [3.8, 4) is 17.3 Å². The van der Waals surface area contributed by atoms with Crippen molar-refractivity contribution < 1.29 is 33.4 Å². The minimum Gasteiger partial charge on any atom is -0.469 e. The SMILES string of the molecule is COC(=O)[C@H]1[C@@H](C(=O)OC)C(c2ccccc2)(c2ccccc2)N(c2nc(-c3ccccc3)c(C(=O)c3ccc(C#N)cc3)s2)[C@H]1C(=O)OC. The largest absolute Gasteiger partial charge is 0.469 e. The van der Waals surface area contributed by atoms with Crippen LogP contribution in [0.15, 0.2) is 115 Å². The van der Waals surface area contributed by atoms with Gasteiger partial charge >= 0.3 is 17.9 Å². The first kappa shape index (κ1) is 33.8. The molecule has 2 heterocycles. The van der Waals surface area contributed by atoms with Crippen LogP contribution in [-0.2, 0) is 34.1 Å². The molecule has 1 aliphatic heterocycles. The number of ether oxygens (including phenoxy) is 3. The average Bonchev–Trinajstić information content (AvgIpc) is 3.76. The zero-order chi connectivity index (χ0) is 35.4. The maximum absolute atomic E-state index is 14.3. The van der Waals surface area contributed by atoms with Crippen LogP contribution < -0.4 is 4.90 Å². The van der Waals surface area contributed by atoms with E-state index in [1.807, 2.05) is 42.5 Å². The number of rotatable bonds is 9. The van der Waals surface area contributed by atoms with Gasteiger partial charge in [-0.25, -0.2) is 9.78 Å². The van der Waals surface area contributed by atoms with Crippen LogP contribution in [0.5, 0.6) is 0 Å². The van der Waals surface area contributed by atoms with Crippen molar-refractivity contribution in [3.63, 3.8) is 0 Å². The number of benzene rings is 4. The van der Waals surface area contributed by atoms with Crippen molar-refractivity contribution in [1.29, 1.82) is 5.26 Å². The molecule has 4 aromatic carbocycles. The summed E-state index contributed by atoms with van der Waals surface area (Å²) in [5.41, 5.74) is 1.17. The molecule has 250 valence electrons. The van der Waals surface area contributed by atoms with Crippen molar-refractivity contribution in [1.82, 2.24) is 4.98 Å². The van der Waals surface area contributed by atoms with Crippen molar-refractivity contribution >= 4 is 40.2 Å². The quantitative estimate of drug-likeness (QED) is 0.106. The first-order valence-electron chi connectivity index (χ1n) is 15.6. The van der Waals surface area contributed by atoms with Crippen LogP contribution in [0.2, 0.25) is 0 Å². The van der Waals surface area contributed by atoms with Crippen LogP contribution >= 0.6 is 11.3 Å². The minimum atomic E-state index is -1.60. The molecule has 50 heavy (non-hydrogen) atoms. The van der Waals surface area contributed by atoms with E-state index in [1.165, 1.54) is 21.3 Å². The normalized spacial score (nSPS) is 17.7. The summed E-state index contributed by atoms with van der Waals surface area (Å²) in [6.45, 7) is 0. The van der Waals surface area contributed by atoms with E-state index in [9.17, 15) is 24.4 Å². The number of ketones is 1. The number of aromatic nitrogens is 1. The number of hydrogen-bond donors (Lipinski definition) is 0. The number of methoxy groups -OCH3 is 3. The Labute approximate surface area is 292 Å². The fraction of sp³-hybridized carbons (Fsp3) is 0.179. The second kappa shape index (κ2) is 14.2. The lowest BCUT2D eigenvalue weighted by Crippen LogP contribution is -2.52. The number of anilines is 1. The average molecular weight is 686 g/mol. The van der Waals surface area contributed by atoms with E-state index >= 15 is 0 Å². The molecule has 0 radical (unpaired) electrons. The lowest BCUT2D eigenvalue weighted by Gasteiger charge is -2.43. The molecule has 3 atom stereocenters. The van der Waals surface area contributed by atoms with E-state index in [-0.39, 0.29) is 15.8 Å². The lowest BCUT2D eigenvalue weighted by atomic mass is 9.70. The minimum absolute atomic E-state index is 0.171. The number of hydrogen-bond acceptors (Lipinski definition) is 11. The Morgan fingerprint density at radius 1 is 0.720 bits per heavy atom. The first-order chi connectivity index (χ1) is 24.3.